The number of nitrogen functional groups attached to an aromatic ring is 2. The highest BCUT2D eigenvalue weighted by Crippen LogP contribution is 2.13. The van der Waals surface area contributed by atoms with Gasteiger partial charge in [0.25, 0.3) is 0 Å². The standard InChI is InChI=1S/C13H13N2/c14-12-6-4-10(5-7-12)8-11-2-1-3-13(15)9-11/h1-2,4-7,9H,8,14-15H2. The number of rotatable bonds is 2. The highest BCUT2D eigenvalue weighted by atomic mass is 14.5. The van der Waals surface area contributed by atoms with Crippen molar-refractivity contribution < 1.29 is 0 Å². The molecule has 0 unspecified atom stereocenters. The van der Waals surface area contributed by atoms with Crippen LogP contribution in [-0.2, 0) is 6.42 Å². The minimum atomic E-state index is 0.683. The maximum atomic E-state index is 5.66. The van der Waals surface area contributed by atoms with Crippen LogP contribution in [0.5, 0.6) is 0 Å². The lowest BCUT2D eigenvalue weighted by atomic mass is 10.0. The Hall–Kier alpha value is -1.96. The zero-order valence-electron chi connectivity index (χ0n) is 8.40. The molecule has 0 heterocycles. The van der Waals surface area contributed by atoms with E-state index in [1.54, 1.807) is 0 Å². The summed E-state index contributed by atoms with van der Waals surface area (Å²) in [5.74, 6) is 0. The van der Waals surface area contributed by atoms with E-state index < -0.39 is 0 Å². The first kappa shape index (κ1) is 9.59. The molecule has 1 radical (unpaired) electrons. The molecule has 0 atom stereocenters. The summed E-state index contributed by atoms with van der Waals surface area (Å²) in [6.07, 6.45) is 0.874. The van der Waals surface area contributed by atoms with E-state index in [-0.39, 0.29) is 0 Å². The summed E-state index contributed by atoms with van der Waals surface area (Å²) in [6.45, 7) is 0. The van der Waals surface area contributed by atoms with Crippen molar-refractivity contribution in [1.82, 2.24) is 0 Å². The Morgan fingerprint density at radius 3 is 2.33 bits per heavy atom. The van der Waals surface area contributed by atoms with Crippen LogP contribution < -0.4 is 11.5 Å². The third-order valence-corrected chi connectivity index (χ3v) is 2.28. The molecule has 2 rings (SSSR count). The van der Waals surface area contributed by atoms with E-state index in [2.05, 4.69) is 6.07 Å². The molecule has 0 aliphatic rings. The van der Waals surface area contributed by atoms with E-state index in [1.165, 1.54) is 11.1 Å². The number of hydrogen-bond acceptors (Lipinski definition) is 2. The minimum Gasteiger partial charge on any atom is -0.399 e. The Kier molecular flexibility index (Phi) is 2.59. The number of benzene rings is 2. The average molecular weight is 197 g/mol. The average Bonchev–Trinajstić information content (AvgIpc) is 2.22. The van der Waals surface area contributed by atoms with Gasteiger partial charge in [-0.1, -0.05) is 24.3 Å². The van der Waals surface area contributed by atoms with E-state index in [0.29, 0.717) is 5.69 Å². The van der Waals surface area contributed by atoms with Gasteiger partial charge >= 0.3 is 0 Å². The van der Waals surface area contributed by atoms with Crippen molar-refractivity contribution in [3.63, 3.8) is 0 Å². The summed E-state index contributed by atoms with van der Waals surface area (Å²) in [4.78, 5) is 0. The van der Waals surface area contributed by atoms with E-state index in [4.69, 9.17) is 11.5 Å². The van der Waals surface area contributed by atoms with Crippen molar-refractivity contribution in [1.29, 1.82) is 0 Å². The molecule has 0 fully saturated rings. The van der Waals surface area contributed by atoms with Gasteiger partial charge in [-0.25, -0.2) is 0 Å². The zero-order chi connectivity index (χ0) is 10.7. The topological polar surface area (TPSA) is 52.0 Å². The van der Waals surface area contributed by atoms with Crippen LogP contribution in [-0.4, -0.2) is 0 Å². The van der Waals surface area contributed by atoms with Crippen LogP contribution in [0.3, 0.4) is 0 Å². The van der Waals surface area contributed by atoms with Crippen LogP contribution in [0.25, 0.3) is 0 Å². The number of hydrogen-bond donors (Lipinski definition) is 2. The summed E-state index contributed by atoms with van der Waals surface area (Å²) in [5.41, 5.74) is 15.2. The Morgan fingerprint density at radius 2 is 1.67 bits per heavy atom. The van der Waals surface area contributed by atoms with Gasteiger partial charge in [-0.3, -0.25) is 0 Å². The molecule has 4 N–H and O–H groups in total. The monoisotopic (exact) mass is 197 g/mol. The van der Waals surface area contributed by atoms with E-state index in [9.17, 15) is 0 Å². The maximum Gasteiger partial charge on any atom is 0.0397 e. The lowest BCUT2D eigenvalue weighted by molar-refractivity contribution is 1.19. The normalized spacial score (nSPS) is 10.1. The molecule has 2 aromatic carbocycles. The second-order valence-electron chi connectivity index (χ2n) is 3.57. The Balaban J connectivity index is 2.18. The fraction of sp³-hybridized carbons (Fsp3) is 0.0769. The largest absolute Gasteiger partial charge is 0.399 e. The van der Waals surface area contributed by atoms with Crippen molar-refractivity contribution >= 4 is 11.4 Å². The van der Waals surface area contributed by atoms with E-state index in [1.807, 2.05) is 42.5 Å². The van der Waals surface area contributed by atoms with Crippen molar-refractivity contribution in [2.24, 2.45) is 0 Å². The molecule has 2 aromatic rings. The van der Waals surface area contributed by atoms with Gasteiger partial charge in [0.1, 0.15) is 0 Å². The van der Waals surface area contributed by atoms with Crippen LogP contribution in [0.4, 0.5) is 11.4 Å². The molecule has 15 heavy (non-hydrogen) atoms. The minimum absolute atomic E-state index is 0.683. The summed E-state index contributed by atoms with van der Waals surface area (Å²) < 4.78 is 0. The van der Waals surface area contributed by atoms with Crippen LogP contribution in [0, 0.1) is 6.07 Å². The Labute approximate surface area is 89.5 Å². The van der Waals surface area contributed by atoms with Gasteiger partial charge in [-0.15, -0.1) is 0 Å². The second-order valence-corrected chi connectivity index (χ2v) is 3.57. The predicted octanol–water partition coefficient (Wildman–Crippen LogP) is 2.24. The first-order valence-corrected chi connectivity index (χ1v) is 4.84. The van der Waals surface area contributed by atoms with Crippen LogP contribution >= 0.6 is 0 Å². The summed E-state index contributed by atoms with van der Waals surface area (Å²) in [7, 11) is 0. The highest BCUT2D eigenvalue weighted by molar-refractivity contribution is 5.43. The van der Waals surface area contributed by atoms with Gasteiger partial charge in [-0.2, -0.15) is 0 Å². The molecule has 0 aliphatic heterocycles. The first-order valence-electron chi connectivity index (χ1n) is 4.84. The van der Waals surface area contributed by atoms with Crippen LogP contribution in [0.1, 0.15) is 11.1 Å². The molecule has 2 heteroatoms. The quantitative estimate of drug-likeness (QED) is 0.725. The third-order valence-electron chi connectivity index (χ3n) is 2.28. The lowest BCUT2D eigenvalue weighted by Gasteiger charge is -2.03. The summed E-state index contributed by atoms with van der Waals surface area (Å²) >= 11 is 0. The van der Waals surface area contributed by atoms with Crippen molar-refractivity contribution in [3.05, 3.63) is 59.7 Å². The van der Waals surface area contributed by atoms with Gasteiger partial charge in [-0.05, 0) is 35.7 Å². The number of nitrogens with two attached hydrogens (primary N) is 2. The van der Waals surface area contributed by atoms with Crippen molar-refractivity contribution in [3.8, 4) is 0 Å². The predicted molar refractivity (Wildman–Crippen MR) is 63.4 cm³/mol. The fourth-order valence-electron chi connectivity index (χ4n) is 1.52. The number of anilines is 2. The van der Waals surface area contributed by atoms with Gasteiger partial charge in [0.2, 0.25) is 0 Å². The van der Waals surface area contributed by atoms with Crippen LogP contribution in [0.2, 0.25) is 0 Å². The molecule has 0 aliphatic carbocycles. The molecule has 0 bridgehead atoms. The van der Waals surface area contributed by atoms with Crippen molar-refractivity contribution in [2.45, 2.75) is 6.42 Å². The summed E-state index contributed by atoms with van der Waals surface area (Å²) in [5, 5.41) is 0. The van der Waals surface area contributed by atoms with Gasteiger partial charge in [0, 0.05) is 17.4 Å². The van der Waals surface area contributed by atoms with E-state index >= 15 is 0 Å². The molecule has 75 valence electrons. The van der Waals surface area contributed by atoms with Gasteiger partial charge in [0.05, 0.1) is 0 Å². The fourth-order valence-corrected chi connectivity index (χ4v) is 1.52. The van der Waals surface area contributed by atoms with Crippen molar-refractivity contribution in [2.75, 3.05) is 11.5 Å². The molecule has 0 spiro atoms. The summed E-state index contributed by atoms with van der Waals surface area (Å²) in [6, 6.07) is 16.6. The SMILES string of the molecule is Nc1[c]ccc(Cc2ccc(N)cc2)c1. The zero-order valence-corrected chi connectivity index (χ0v) is 8.40. The molecule has 0 aromatic heterocycles. The van der Waals surface area contributed by atoms with E-state index in [0.717, 1.165) is 12.1 Å². The smallest absolute Gasteiger partial charge is 0.0397 e. The molecule has 0 saturated heterocycles. The lowest BCUT2D eigenvalue weighted by Crippen LogP contribution is -1.92. The Morgan fingerprint density at radius 1 is 0.933 bits per heavy atom. The molecular formula is C13H13N2. The molecule has 0 amide bonds. The third kappa shape index (κ3) is 2.50. The maximum absolute atomic E-state index is 5.66. The molecular weight excluding hydrogens is 184 g/mol. The van der Waals surface area contributed by atoms with Gasteiger partial charge in [0.15, 0.2) is 0 Å². The van der Waals surface area contributed by atoms with Crippen LogP contribution in [0.15, 0.2) is 42.5 Å². The highest BCUT2D eigenvalue weighted by Gasteiger charge is 1.96. The second kappa shape index (κ2) is 4.05. The molecule has 0 saturated carbocycles. The molecule has 2 nitrogen and oxygen atoms in total. The van der Waals surface area contributed by atoms with Gasteiger partial charge < -0.3 is 11.5 Å². The Bertz CT molecular complexity index is 446. The first-order chi connectivity index (χ1) is 7.24.